The molecule has 148 valence electrons. The molecule has 4 heteroatoms. The molecule has 1 unspecified atom stereocenters. The van der Waals surface area contributed by atoms with Gasteiger partial charge < -0.3 is 9.47 Å². The summed E-state index contributed by atoms with van der Waals surface area (Å²) < 4.78 is 10.5. The fourth-order valence-electron chi connectivity index (χ4n) is 2.77. The van der Waals surface area contributed by atoms with Crippen LogP contribution >= 0.6 is 0 Å². The van der Waals surface area contributed by atoms with Crippen LogP contribution in [0.5, 0.6) is 0 Å². The van der Waals surface area contributed by atoms with E-state index < -0.39 is 11.9 Å². The van der Waals surface area contributed by atoms with Gasteiger partial charge in [-0.1, -0.05) is 85.0 Å². The lowest BCUT2D eigenvalue weighted by Crippen LogP contribution is -2.21. The van der Waals surface area contributed by atoms with E-state index in [2.05, 4.69) is 13.8 Å². The van der Waals surface area contributed by atoms with Crippen LogP contribution in [0.1, 0.15) is 111 Å². The predicted molar refractivity (Wildman–Crippen MR) is 102 cm³/mol. The molecule has 0 radical (unpaired) electrons. The number of carbonyl (C=O) groups excluding carboxylic acids is 2. The average Bonchev–Trinajstić information content (AvgIpc) is 2.60. The fourth-order valence-corrected chi connectivity index (χ4v) is 2.77. The monoisotopic (exact) mass is 356 g/mol. The van der Waals surface area contributed by atoms with E-state index in [9.17, 15) is 9.59 Å². The molecule has 0 rings (SSSR count). The molecule has 0 fully saturated rings. The highest BCUT2D eigenvalue weighted by molar-refractivity contribution is 5.91. The van der Waals surface area contributed by atoms with Gasteiger partial charge in [0.2, 0.25) is 0 Å². The molecule has 0 aliphatic carbocycles. The Morgan fingerprint density at radius 3 is 1.84 bits per heavy atom. The molecule has 0 spiro atoms. The molecule has 0 saturated heterocycles. The van der Waals surface area contributed by atoms with E-state index in [1.165, 1.54) is 44.9 Å². The molecule has 4 nitrogen and oxygen atoms in total. The minimum Gasteiger partial charge on any atom is -0.465 e. The first-order valence-electron chi connectivity index (χ1n) is 10.5. The quantitative estimate of drug-likeness (QED) is 0.183. The van der Waals surface area contributed by atoms with E-state index >= 15 is 0 Å². The Morgan fingerprint density at radius 2 is 1.28 bits per heavy atom. The molecule has 0 bridgehead atoms. The Balaban J connectivity index is 3.55. The highest BCUT2D eigenvalue weighted by atomic mass is 16.6. The number of rotatable bonds is 17. The second-order valence-electron chi connectivity index (χ2n) is 6.89. The number of esters is 2. The van der Waals surface area contributed by atoms with Crippen molar-refractivity contribution in [2.75, 3.05) is 6.61 Å². The maximum absolute atomic E-state index is 11.7. The first-order chi connectivity index (χ1) is 12.1. The largest absolute Gasteiger partial charge is 0.465 e. The van der Waals surface area contributed by atoms with Crippen LogP contribution in [-0.4, -0.2) is 24.6 Å². The Hall–Kier alpha value is -1.06. The molecule has 0 amide bonds. The van der Waals surface area contributed by atoms with E-state index in [4.69, 9.17) is 9.47 Å². The van der Waals surface area contributed by atoms with Crippen LogP contribution in [-0.2, 0) is 19.1 Å². The third kappa shape index (κ3) is 16.2. The summed E-state index contributed by atoms with van der Waals surface area (Å²) in [6, 6.07) is 0. The van der Waals surface area contributed by atoms with Gasteiger partial charge in [-0.2, -0.15) is 0 Å². The molecule has 0 saturated carbocycles. The van der Waals surface area contributed by atoms with Crippen molar-refractivity contribution in [3.8, 4) is 0 Å². The van der Waals surface area contributed by atoms with Gasteiger partial charge in [-0.25, -0.2) is 0 Å². The lowest BCUT2D eigenvalue weighted by atomic mass is 10.1. The number of unbranched alkanes of at least 4 members (excludes halogenated alkanes) is 9. The zero-order valence-electron chi connectivity index (χ0n) is 16.8. The smallest absolute Gasteiger partial charge is 0.317 e. The Bertz CT molecular complexity index is 328. The summed E-state index contributed by atoms with van der Waals surface area (Å²) >= 11 is 0. The van der Waals surface area contributed by atoms with Crippen molar-refractivity contribution in [1.82, 2.24) is 0 Å². The molecule has 0 aliphatic heterocycles. The van der Waals surface area contributed by atoms with Gasteiger partial charge in [-0.15, -0.1) is 0 Å². The van der Waals surface area contributed by atoms with E-state index in [1.807, 2.05) is 6.92 Å². The Morgan fingerprint density at radius 1 is 0.720 bits per heavy atom. The van der Waals surface area contributed by atoms with Gasteiger partial charge in [0.15, 0.2) is 0 Å². The lowest BCUT2D eigenvalue weighted by molar-refractivity contribution is -0.158. The molecule has 0 aromatic heterocycles. The van der Waals surface area contributed by atoms with Crippen LogP contribution in [0.2, 0.25) is 0 Å². The van der Waals surface area contributed by atoms with Gasteiger partial charge >= 0.3 is 11.9 Å². The summed E-state index contributed by atoms with van der Waals surface area (Å²) in [5.74, 6) is -0.921. The summed E-state index contributed by atoms with van der Waals surface area (Å²) in [6.07, 6.45) is 14.5. The van der Waals surface area contributed by atoms with Crippen LogP contribution in [0.25, 0.3) is 0 Å². The van der Waals surface area contributed by atoms with Gasteiger partial charge in [0.25, 0.3) is 0 Å². The van der Waals surface area contributed by atoms with E-state index in [-0.39, 0.29) is 12.5 Å². The topological polar surface area (TPSA) is 52.6 Å². The first-order valence-corrected chi connectivity index (χ1v) is 10.5. The molecule has 0 aliphatic rings. The first kappa shape index (κ1) is 23.9. The maximum atomic E-state index is 11.7. The van der Waals surface area contributed by atoms with Crippen molar-refractivity contribution in [2.45, 2.75) is 117 Å². The normalized spacial score (nSPS) is 12.0. The molecular weight excluding hydrogens is 316 g/mol. The van der Waals surface area contributed by atoms with Crippen LogP contribution in [0.15, 0.2) is 0 Å². The highest BCUT2D eigenvalue weighted by Crippen LogP contribution is 2.11. The van der Waals surface area contributed by atoms with E-state index in [1.54, 1.807) is 0 Å². The van der Waals surface area contributed by atoms with Gasteiger partial charge in [-0.3, -0.25) is 9.59 Å². The molecule has 0 aromatic carbocycles. The molecule has 0 heterocycles. The summed E-state index contributed by atoms with van der Waals surface area (Å²) in [5.41, 5.74) is 0. The van der Waals surface area contributed by atoms with Gasteiger partial charge in [0, 0.05) is 0 Å². The summed E-state index contributed by atoms with van der Waals surface area (Å²) in [7, 11) is 0. The molecule has 0 aromatic rings. The lowest BCUT2D eigenvalue weighted by Gasteiger charge is -2.15. The molecular formula is C21H40O4. The summed E-state index contributed by atoms with van der Waals surface area (Å²) in [6.45, 7) is 6.75. The maximum Gasteiger partial charge on any atom is 0.317 e. The van der Waals surface area contributed by atoms with Crippen molar-refractivity contribution in [1.29, 1.82) is 0 Å². The van der Waals surface area contributed by atoms with Crippen molar-refractivity contribution in [3.05, 3.63) is 0 Å². The zero-order chi connectivity index (χ0) is 18.8. The van der Waals surface area contributed by atoms with Crippen molar-refractivity contribution >= 4 is 11.9 Å². The average molecular weight is 357 g/mol. The third-order valence-electron chi connectivity index (χ3n) is 4.43. The van der Waals surface area contributed by atoms with Crippen LogP contribution < -0.4 is 0 Å². The molecule has 0 N–H and O–H groups in total. The Kier molecular flexibility index (Phi) is 17.0. The number of hydrogen-bond acceptors (Lipinski definition) is 4. The second-order valence-corrected chi connectivity index (χ2v) is 6.89. The van der Waals surface area contributed by atoms with E-state index in [0.717, 1.165) is 38.5 Å². The number of carbonyl (C=O) groups is 2. The number of ether oxygens (including phenoxy) is 2. The van der Waals surface area contributed by atoms with Crippen molar-refractivity contribution in [3.63, 3.8) is 0 Å². The van der Waals surface area contributed by atoms with E-state index in [0.29, 0.717) is 6.61 Å². The SMILES string of the molecule is CCCCCCCCCCCOC(=O)CC(=O)OC(CC)CCCC. The summed E-state index contributed by atoms with van der Waals surface area (Å²) in [5, 5.41) is 0. The Labute approximate surface area is 155 Å². The highest BCUT2D eigenvalue weighted by Gasteiger charge is 2.16. The standard InChI is InChI=1S/C21H40O4/c1-4-7-9-10-11-12-13-14-15-17-24-20(22)18-21(23)25-19(6-3)16-8-5-2/h19H,4-18H2,1-3H3. The van der Waals surface area contributed by atoms with Crippen LogP contribution in [0.3, 0.4) is 0 Å². The minimum atomic E-state index is -0.463. The fraction of sp³-hybridized carbons (Fsp3) is 0.905. The van der Waals surface area contributed by atoms with Crippen LogP contribution in [0.4, 0.5) is 0 Å². The molecule has 1 atom stereocenters. The van der Waals surface area contributed by atoms with Gasteiger partial charge in [-0.05, 0) is 19.3 Å². The number of hydrogen-bond donors (Lipinski definition) is 0. The van der Waals surface area contributed by atoms with Gasteiger partial charge in [0.05, 0.1) is 6.61 Å². The second kappa shape index (κ2) is 17.8. The minimum absolute atomic E-state index is 0.0717. The van der Waals surface area contributed by atoms with Crippen molar-refractivity contribution < 1.29 is 19.1 Å². The summed E-state index contributed by atoms with van der Waals surface area (Å²) in [4.78, 5) is 23.4. The predicted octanol–water partition coefficient (Wildman–Crippen LogP) is 5.96. The van der Waals surface area contributed by atoms with Crippen molar-refractivity contribution in [2.24, 2.45) is 0 Å². The zero-order valence-corrected chi connectivity index (χ0v) is 16.8. The van der Waals surface area contributed by atoms with Gasteiger partial charge in [0.1, 0.15) is 12.5 Å². The molecule has 25 heavy (non-hydrogen) atoms. The third-order valence-corrected chi connectivity index (χ3v) is 4.43. The van der Waals surface area contributed by atoms with Crippen LogP contribution in [0, 0.1) is 0 Å².